The summed E-state index contributed by atoms with van der Waals surface area (Å²) in [6.07, 6.45) is 6.82. The molecule has 4 aromatic rings. The monoisotopic (exact) mass is 602 g/mol. The fourth-order valence-electron chi connectivity index (χ4n) is 4.33. The van der Waals surface area contributed by atoms with E-state index in [-0.39, 0.29) is 37.1 Å². The van der Waals surface area contributed by atoms with E-state index in [1.165, 1.54) is 47.4 Å². The van der Waals surface area contributed by atoms with Crippen molar-refractivity contribution in [1.29, 1.82) is 0 Å². The van der Waals surface area contributed by atoms with Crippen molar-refractivity contribution in [2.45, 2.75) is 40.0 Å². The Labute approximate surface area is 201 Å². The zero-order chi connectivity index (χ0) is 22.3. The minimum Gasteiger partial charge on any atom is -0.512 e. The summed E-state index contributed by atoms with van der Waals surface area (Å²) in [6.45, 7) is 9.61. The number of nitrogens with zero attached hydrogens (tertiary/aromatic N) is 2. The molecule has 32 heavy (non-hydrogen) atoms. The van der Waals surface area contributed by atoms with Crippen molar-refractivity contribution in [1.82, 2.24) is 9.97 Å². The van der Waals surface area contributed by atoms with Crippen molar-refractivity contribution in [3.8, 4) is 11.3 Å². The van der Waals surface area contributed by atoms with E-state index in [0.29, 0.717) is 0 Å². The van der Waals surface area contributed by atoms with Crippen LogP contribution in [0.1, 0.15) is 44.4 Å². The third-order valence-electron chi connectivity index (χ3n) is 5.68. The maximum Gasteiger partial charge on any atom is 0.155 e. The number of pyridine rings is 2. The van der Waals surface area contributed by atoms with E-state index < -0.39 is 0 Å². The number of aryl methyl sites for hydroxylation is 1. The molecule has 0 saturated heterocycles. The molecule has 0 unspecified atom stereocenters. The minimum atomic E-state index is -0.125. The number of aliphatic hydroxyl groups excluding tert-OH is 1. The number of benzene rings is 2. The summed E-state index contributed by atoms with van der Waals surface area (Å²) in [6, 6.07) is 14.6. The van der Waals surface area contributed by atoms with Gasteiger partial charge >= 0.3 is 0 Å². The van der Waals surface area contributed by atoms with E-state index in [2.05, 4.69) is 56.1 Å². The second-order valence-electron chi connectivity index (χ2n) is 8.61. The number of aromatic nitrogens is 2. The molecular formula is C27H25IrN2O2-. The normalized spacial score (nSPS) is 13.6. The van der Waals surface area contributed by atoms with Crippen LogP contribution in [0.4, 0.5) is 0 Å². The molecule has 5 rings (SSSR count). The van der Waals surface area contributed by atoms with E-state index in [0.717, 1.165) is 22.0 Å². The number of hydrogen-bond acceptors (Lipinski definition) is 4. The number of carbonyl (C=O) groups excluding carboxylic acids is 1. The molecular weight excluding hydrogens is 577 g/mol. The summed E-state index contributed by atoms with van der Waals surface area (Å²) in [5, 5.41) is 13.1. The van der Waals surface area contributed by atoms with Crippen LogP contribution in [0.3, 0.4) is 0 Å². The minimum absolute atomic E-state index is 0. The fraction of sp³-hybridized carbons (Fsp3) is 0.222. The van der Waals surface area contributed by atoms with Crippen LogP contribution in [0.5, 0.6) is 0 Å². The summed E-state index contributed by atoms with van der Waals surface area (Å²) < 4.78 is 0. The molecule has 2 aromatic heterocycles. The second kappa shape index (κ2) is 8.93. The maximum absolute atomic E-state index is 10.0. The molecule has 1 radical (unpaired) electrons. The first-order chi connectivity index (χ1) is 14.7. The smallest absolute Gasteiger partial charge is 0.155 e. The van der Waals surface area contributed by atoms with Crippen molar-refractivity contribution >= 4 is 27.3 Å². The number of aliphatic hydroxyl groups is 1. The Balaban J connectivity index is 0.000000318. The van der Waals surface area contributed by atoms with E-state index >= 15 is 0 Å². The van der Waals surface area contributed by atoms with Gasteiger partial charge in [-0.2, -0.15) is 0 Å². The zero-order valence-corrected chi connectivity index (χ0v) is 21.2. The van der Waals surface area contributed by atoms with Gasteiger partial charge in [0, 0.05) is 38.1 Å². The number of hydrogen-bond donors (Lipinski definition) is 1. The van der Waals surface area contributed by atoms with Gasteiger partial charge in [-0.25, -0.2) is 0 Å². The van der Waals surface area contributed by atoms with Crippen LogP contribution in [0.2, 0.25) is 0 Å². The Bertz CT molecular complexity index is 1370. The Hall–Kier alpha value is -2.88. The quantitative estimate of drug-likeness (QED) is 0.160. The maximum atomic E-state index is 10.0. The van der Waals surface area contributed by atoms with Crippen LogP contribution >= 0.6 is 0 Å². The molecule has 165 valence electrons. The van der Waals surface area contributed by atoms with Crippen molar-refractivity contribution in [3.63, 3.8) is 0 Å². The SMILES string of the molecule is CC(=O)/C=C(/C)O.Cc1cc2c3c(nccc3c1)-c1[c-]c3ccncc3cc1C2(C)C.[Ir]. The topological polar surface area (TPSA) is 63.1 Å². The Kier molecular flexibility index (Phi) is 6.64. The predicted octanol–water partition coefficient (Wildman–Crippen LogP) is 6.23. The Morgan fingerprint density at radius 3 is 2.47 bits per heavy atom. The van der Waals surface area contributed by atoms with Crippen LogP contribution in [-0.2, 0) is 30.3 Å². The third kappa shape index (κ3) is 4.23. The van der Waals surface area contributed by atoms with E-state index in [4.69, 9.17) is 10.1 Å². The number of allylic oxidation sites excluding steroid dienone is 2. The number of rotatable bonds is 1. The molecule has 0 aliphatic heterocycles. The molecule has 4 nitrogen and oxygen atoms in total. The molecule has 2 aromatic carbocycles. The van der Waals surface area contributed by atoms with Gasteiger partial charge in [0.25, 0.3) is 0 Å². The molecule has 1 aliphatic rings. The molecule has 0 saturated carbocycles. The van der Waals surface area contributed by atoms with Gasteiger partial charge < -0.3 is 5.11 Å². The molecule has 0 amide bonds. The first-order valence-electron chi connectivity index (χ1n) is 10.3. The summed E-state index contributed by atoms with van der Waals surface area (Å²) in [7, 11) is 0. The molecule has 0 fully saturated rings. The molecule has 0 atom stereocenters. The predicted molar refractivity (Wildman–Crippen MR) is 125 cm³/mol. The van der Waals surface area contributed by atoms with E-state index in [1.54, 1.807) is 0 Å². The van der Waals surface area contributed by atoms with Crippen LogP contribution in [0.25, 0.3) is 32.8 Å². The number of ketones is 1. The second-order valence-corrected chi connectivity index (χ2v) is 8.61. The van der Waals surface area contributed by atoms with Crippen molar-refractivity contribution in [3.05, 3.63) is 83.5 Å². The van der Waals surface area contributed by atoms with Gasteiger partial charge in [-0.05, 0) is 61.0 Å². The molecule has 2 heterocycles. The van der Waals surface area contributed by atoms with Crippen molar-refractivity contribution in [2.75, 3.05) is 0 Å². The van der Waals surface area contributed by atoms with Gasteiger partial charge in [0.05, 0.1) is 5.76 Å². The van der Waals surface area contributed by atoms with Crippen LogP contribution in [0, 0.1) is 13.0 Å². The first kappa shape index (κ1) is 23.8. The van der Waals surface area contributed by atoms with E-state index in [9.17, 15) is 4.79 Å². The van der Waals surface area contributed by atoms with Gasteiger partial charge in [0.1, 0.15) is 0 Å². The third-order valence-corrected chi connectivity index (χ3v) is 5.68. The van der Waals surface area contributed by atoms with Gasteiger partial charge in [-0.3, -0.25) is 14.8 Å². The van der Waals surface area contributed by atoms with Crippen LogP contribution < -0.4 is 0 Å². The van der Waals surface area contributed by atoms with Gasteiger partial charge in [0.2, 0.25) is 0 Å². The largest absolute Gasteiger partial charge is 0.512 e. The summed E-state index contributed by atoms with van der Waals surface area (Å²) in [4.78, 5) is 19.0. The van der Waals surface area contributed by atoms with Gasteiger partial charge in [0.15, 0.2) is 5.78 Å². The summed E-state index contributed by atoms with van der Waals surface area (Å²) in [5.74, 6) is -0.0625. The van der Waals surface area contributed by atoms with Crippen molar-refractivity contribution in [2.24, 2.45) is 0 Å². The van der Waals surface area contributed by atoms with Gasteiger partial charge in [-0.1, -0.05) is 48.1 Å². The summed E-state index contributed by atoms with van der Waals surface area (Å²) in [5.41, 5.74) is 6.01. The van der Waals surface area contributed by atoms with Crippen LogP contribution in [0.15, 0.2) is 60.8 Å². The molecule has 1 aliphatic carbocycles. The Morgan fingerprint density at radius 2 is 1.81 bits per heavy atom. The van der Waals surface area contributed by atoms with Gasteiger partial charge in [-0.15, -0.1) is 23.6 Å². The molecule has 0 spiro atoms. The number of fused-ring (bicyclic) bond motifs is 3. The van der Waals surface area contributed by atoms with Crippen LogP contribution in [-0.4, -0.2) is 20.9 Å². The average molecular weight is 602 g/mol. The number of carbonyl (C=O) groups is 1. The average Bonchev–Trinajstić information content (AvgIpc) is 2.70. The Morgan fingerprint density at radius 1 is 1.06 bits per heavy atom. The standard InChI is InChI=1S/C22H17N2.C5H8O2.Ir/c1-13-8-15-5-7-24-21-17-10-14-4-6-23-12-16(14)11-18(17)22(2,3)19(9-13)20(15)21;1-4(6)3-5(2)7;/h4-9,11-12H,1-3H3;3,6H,1-2H3;/q-1;;/b;4-3-;. The van der Waals surface area contributed by atoms with E-state index in [1.807, 2.05) is 24.7 Å². The fourth-order valence-corrected chi connectivity index (χ4v) is 4.33. The first-order valence-corrected chi connectivity index (χ1v) is 10.3. The molecule has 5 heteroatoms. The zero-order valence-electron chi connectivity index (χ0n) is 18.8. The molecule has 1 N–H and O–H groups in total. The van der Waals surface area contributed by atoms with Crippen molar-refractivity contribution < 1.29 is 30.0 Å². The summed E-state index contributed by atoms with van der Waals surface area (Å²) >= 11 is 0. The molecule has 0 bridgehead atoms.